The summed E-state index contributed by atoms with van der Waals surface area (Å²) in [4.78, 5) is 16.9. The van der Waals surface area contributed by atoms with E-state index in [0.717, 1.165) is 35.9 Å². The predicted molar refractivity (Wildman–Crippen MR) is 83.6 cm³/mol. The number of H-pyrrole nitrogens is 1. The second kappa shape index (κ2) is 5.37. The van der Waals surface area contributed by atoms with Crippen LogP contribution in [0.25, 0.3) is 10.9 Å². The van der Waals surface area contributed by atoms with Crippen molar-refractivity contribution in [1.29, 1.82) is 0 Å². The van der Waals surface area contributed by atoms with Crippen LogP contribution in [0, 0.1) is 0 Å². The quantitative estimate of drug-likeness (QED) is 0.847. The summed E-state index contributed by atoms with van der Waals surface area (Å²) in [6, 6.07) is 7.93. The molecule has 4 nitrogen and oxygen atoms in total. The smallest absolute Gasteiger partial charge is 0.352 e. The van der Waals surface area contributed by atoms with E-state index in [4.69, 9.17) is 0 Å². The van der Waals surface area contributed by atoms with E-state index in [0.29, 0.717) is 5.69 Å². The van der Waals surface area contributed by atoms with Crippen LogP contribution in [0.4, 0.5) is 0 Å². The standard InChI is InChI=1S/C17H20N2O2/c1-3-11-8-9-14(19(2)10-11)15-12-6-4-5-7-13(12)18-16(15)17(20)21/h4-8,14,18H,3,9-10H2,1-2H3,(H,20,21). The summed E-state index contributed by atoms with van der Waals surface area (Å²) in [5.74, 6) is -0.889. The van der Waals surface area contributed by atoms with Crippen molar-refractivity contribution in [2.75, 3.05) is 13.6 Å². The summed E-state index contributed by atoms with van der Waals surface area (Å²) in [5.41, 5.74) is 3.54. The van der Waals surface area contributed by atoms with E-state index in [1.807, 2.05) is 24.3 Å². The highest BCUT2D eigenvalue weighted by atomic mass is 16.4. The van der Waals surface area contributed by atoms with Crippen LogP contribution >= 0.6 is 0 Å². The molecule has 21 heavy (non-hydrogen) atoms. The minimum absolute atomic E-state index is 0.113. The fourth-order valence-corrected chi connectivity index (χ4v) is 3.23. The number of carboxylic acid groups (broad SMARTS) is 1. The fourth-order valence-electron chi connectivity index (χ4n) is 3.23. The molecule has 0 bridgehead atoms. The molecule has 3 rings (SSSR count). The van der Waals surface area contributed by atoms with Crippen LogP contribution < -0.4 is 0 Å². The van der Waals surface area contributed by atoms with Crippen molar-refractivity contribution in [2.24, 2.45) is 0 Å². The normalized spacial score (nSPS) is 19.7. The molecular formula is C17H20N2O2. The van der Waals surface area contributed by atoms with Gasteiger partial charge in [-0.2, -0.15) is 0 Å². The van der Waals surface area contributed by atoms with E-state index in [2.05, 4.69) is 29.9 Å². The monoisotopic (exact) mass is 284 g/mol. The first kappa shape index (κ1) is 13.9. The highest BCUT2D eigenvalue weighted by Gasteiger charge is 2.28. The molecule has 110 valence electrons. The SMILES string of the molecule is CCC1=CCC(c2c(C(=O)O)[nH]c3ccccc23)N(C)C1. The maximum absolute atomic E-state index is 11.6. The number of para-hydroxylation sites is 1. The number of rotatable bonds is 3. The summed E-state index contributed by atoms with van der Waals surface area (Å²) < 4.78 is 0. The van der Waals surface area contributed by atoms with E-state index in [1.54, 1.807) is 0 Å². The zero-order valence-electron chi connectivity index (χ0n) is 12.4. The van der Waals surface area contributed by atoms with Crippen LogP contribution in [-0.2, 0) is 0 Å². The Morgan fingerprint density at radius 3 is 2.86 bits per heavy atom. The van der Waals surface area contributed by atoms with E-state index < -0.39 is 5.97 Å². The van der Waals surface area contributed by atoms with Gasteiger partial charge in [-0.3, -0.25) is 4.90 Å². The predicted octanol–water partition coefficient (Wildman–Crippen LogP) is 3.58. The molecule has 1 aliphatic rings. The minimum Gasteiger partial charge on any atom is -0.477 e. The molecule has 1 unspecified atom stereocenters. The third-order valence-electron chi connectivity index (χ3n) is 4.36. The number of carboxylic acids is 1. The lowest BCUT2D eigenvalue weighted by Gasteiger charge is -2.32. The van der Waals surface area contributed by atoms with Crippen molar-refractivity contribution in [2.45, 2.75) is 25.8 Å². The Morgan fingerprint density at radius 2 is 2.19 bits per heavy atom. The summed E-state index contributed by atoms with van der Waals surface area (Å²) >= 11 is 0. The third-order valence-corrected chi connectivity index (χ3v) is 4.36. The van der Waals surface area contributed by atoms with Crippen LogP contribution in [-0.4, -0.2) is 34.6 Å². The second-order valence-corrected chi connectivity index (χ2v) is 5.65. The van der Waals surface area contributed by atoms with Gasteiger partial charge in [-0.15, -0.1) is 0 Å². The zero-order chi connectivity index (χ0) is 15.0. The molecule has 0 spiro atoms. The fraction of sp³-hybridized carbons (Fsp3) is 0.353. The molecular weight excluding hydrogens is 264 g/mol. The Labute approximate surface area is 124 Å². The Kier molecular flexibility index (Phi) is 3.55. The minimum atomic E-state index is -0.889. The molecule has 0 amide bonds. The third kappa shape index (κ3) is 2.36. The first-order valence-electron chi connectivity index (χ1n) is 7.33. The van der Waals surface area contributed by atoms with Crippen LogP contribution in [0.15, 0.2) is 35.9 Å². The lowest BCUT2D eigenvalue weighted by molar-refractivity contribution is 0.0687. The lowest BCUT2D eigenvalue weighted by atomic mass is 9.93. The summed E-state index contributed by atoms with van der Waals surface area (Å²) in [6.07, 6.45) is 4.18. The van der Waals surface area contributed by atoms with Crippen LogP contribution in [0.2, 0.25) is 0 Å². The Morgan fingerprint density at radius 1 is 1.43 bits per heavy atom. The molecule has 4 heteroatoms. The Balaban J connectivity index is 2.13. The molecule has 2 heterocycles. The number of hydrogen-bond donors (Lipinski definition) is 2. The average molecular weight is 284 g/mol. The van der Waals surface area contributed by atoms with Gasteiger partial charge < -0.3 is 10.1 Å². The number of aromatic amines is 1. The van der Waals surface area contributed by atoms with Gasteiger partial charge in [0.05, 0.1) is 0 Å². The number of aromatic nitrogens is 1. The van der Waals surface area contributed by atoms with E-state index in [9.17, 15) is 9.90 Å². The number of benzene rings is 1. The number of carbonyl (C=O) groups is 1. The molecule has 1 atom stereocenters. The van der Waals surface area contributed by atoms with Crippen molar-refractivity contribution in [3.8, 4) is 0 Å². The first-order valence-corrected chi connectivity index (χ1v) is 7.33. The highest BCUT2D eigenvalue weighted by molar-refractivity contribution is 5.97. The van der Waals surface area contributed by atoms with Gasteiger partial charge >= 0.3 is 5.97 Å². The van der Waals surface area contributed by atoms with Gasteiger partial charge in [0.25, 0.3) is 0 Å². The van der Waals surface area contributed by atoms with Crippen LogP contribution in [0.3, 0.4) is 0 Å². The Hall–Kier alpha value is -2.07. The summed E-state index contributed by atoms with van der Waals surface area (Å²) in [7, 11) is 2.07. The molecule has 1 aromatic carbocycles. The van der Waals surface area contributed by atoms with Crippen molar-refractivity contribution in [3.05, 3.63) is 47.2 Å². The Bertz CT molecular complexity index is 715. The largest absolute Gasteiger partial charge is 0.477 e. The van der Waals surface area contributed by atoms with Gasteiger partial charge in [0, 0.05) is 29.1 Å². The topological polar surface area (TPSA) is 56.3 Å². The van der Waals surface area contributed by atoms with Gasteiger partial charge in [0.15, 0.2) is 0 Å². The number of likely N-dealkylation sites (N-methyl/N-ethyl adjacent to an activating group) is 1. The molecule has 0 saturated carbocycles. The number of hydrogen-bond acceptors (Lipinski definition) is 2. The maximum atomic E-state index is 11.6. The number of nitrogens with one attached hydrogen (secondary N) is 1. The second-order valence-electron chi connectivity index (χ2n) is 5.65. The molecule has 0 radical (unpaired) electrons. The number of nitrogens with zero attached hydrogens (tertiary/aromatic N) is 1. The van der Waals surface area contributed by atoms with Gasteiger partial charge in [0.2, 0.25) is 0 Å². The molecule has 0 aliphatic carbocycles. The van der Waals surface area contributed by atoms with E-state index >= 15 is 0 Å². The van der Waals surface area contributed by atoms with Crippen molar-refractivity contribution < 1.29 is 9.90 Å². The summed E-state index contributed by atoms with van der Waals surface area (Å²) in [5, 5.41) is 10.5. The average Bonchev–Trinajstić information content (AvgIpc) is 2.86. The van der Waals surface area contributed by atoms with Gasteiger partial charge in [0.1, 0.15) is 5.69 Å². The first-order chi connectivity index (χ1) is 10.1. The number of fused-ring (bicyclic) bond motifs is 1. The van der Waals surface area contributed by atoms with Crippen molar-refractivity contribution in [1.82, 2.24) is 9.88 Å². The van der Waals surface area contributed by atoms with Gasteiger partial charge in [-0.1, -0.05) is 36.8 Å². The summed E-state index contributed by atoms with van der Waals surface area (Å²) in [6.45, 7) is 3.06. The molecule has 1 aliphatic heterocycles. The van der Waals surface area contributed by atoms with Crippen molar-refractivity contribution >= 4 is 16.9 Å². The lowest BCUT2D eigenvalue weighted by Crippen LogP contribution is -2.30. The van der Waals surface area contributed by atoms with E-state index in [1.165, 1.54) is 5.57 Å². The van der Waals surface area contributed by atoms with Crippen LogP contribution in [0.1, 0.15) is 41.9 Å². The maximum Gasteiger partial charge on any atom is 0.352 e. The molecule has 2 aromatic rings. The van der Waals surface area contributed by atoms with Crippen LogP contribution in [0.5, 0.6) is 0 Å². The van der Waals surface area contributed by atoms with Crippen molar-refractivity contribution in [3.63, 3.8) is 0 Å². The molecule has 0 saturated heterocycles. The van der Waals surface area contributed by atoms with E-state index in [-0.39, 0.29) is 6.04 Å². The van der Waals surface area contributed by atoms with Gasteiger partial charge in [-0.25, -0.2) is 4.79 Å². The number of aromatic carboxylic acids is 1. The zero-order valence-corrected chi connectivity index (χ0v) is 12.4. The van der Waals surface area contributed by atoms with Gasteiger partial charge in [-0.05, 0) is 26.0 Å². The molecule has 0 fully saturated rings. The molecule has 2 N–H and O–H groups in total. The highest BCUT2D eigenvalue weighted by Crippen LogP contribution is 2.36. The molecule has 1 aromatic heterocycles.